The van der Waals surface area contributed by atoms with Gasteiger partial charge >= 0.3 is 0 Å². The first-order chi connectivity index (χ1) is 7.91. The van der Waals surface area contributed by atoms with E-state index in [9.17, 15) is 0 Å². The van der Waals surface area contributed by atoms with Crippen LogP contribution in [-0.2, 0) is 6.54 Å². The molecule has 0 fully saturated rings. The van der Waals surface area contributed by atoms with E-state index in [1.807, 2.05) is 38.0 Å². The lowest BCUT2D eigenvalue weighted by molar-refractivity contribution is 0.479. The summed E-state index contributed by atoms with van der Waals surface area (Å²) >= 11 is 1.69. The number of halogens is 1. The van der Waals surface area contributed by atoms with Crippen molar-refractivity contribution >= 4 is 41.3 Å². The Morgan fingerprint density at radius 2 is 1.83 bits per heavy atom. The van der Waals surface area contributed by atoms with Crippen LogP contribution in [0.25, 0.3) is 0 Å². The van der Waals surface area contributed by atoms with Gasteiger partial charge in [-0.15, -0.1) is 35.3 Å². The van der Waals surface area contributed by atoms with E-state index < -0.39 is 0 Å². The van der Waals surface area contributed by atoms with E-state index in [4.69, 9.17) is 0 Å². The Labute approximate surface area is 131 Å². The molecule has 0 aliphatic heterocycles. The summed E-state index contributed by atoms with van der Waals surface area (Å²) in [5, 5.41) is 3.20. The molecule has 18 heavy (non-hydrogen) atoms. The predicted molar refractivity (Wildman–Crippen MR) is 90.1 cm³/mol. The normalized spacial score (nSPS) is 9.94. The molecule has 0 amide bonds. The zero-order valence-electron chi connectivity index (χ0n) is 12.0. The van der Waals surface area contributed by atoms with E-state index in [1.165, 1.54) is 0 Å². The fourth-order valence-electron chi connectivity index (χ4n) is 1.48. The molecule has 0 N–H and O–H groups in total. The fraction of sp³-hybridized carbons (Fsp3) is 0.667. The Kier molecular flexibility index (Phi) is 7.77. The van der Waals surface area contributed by atoms with Gasteiger partial charge in [0.2, 0.25) is 0 Å². The lowest BCUT2D eigenvalue weighted by Crippen LogP contribution is -2.35. The van der Waals surface area contributed by atoms with E-state index in [0.29, 0.717) is 12.5 Å². The predicted octanol–water partition coefficient (Wildman–Crippen LogP) is 2.86. The molecule has 0 saturated heterocycles. The summed E-state index contributed by atoms with van der Waals surface area (Å²) in [6.07, 6.45) is 0. The second-order valence-corrected chi connectivity index (χ2v) is 5.67. The zero-order chi connectivity index (χ0) is 13.0. The number of rotatable bonds is 3. The number of nitrogens with zero attached hydrogens (tertiary/aromatic N) is 4. The molecule has 0 saturated carbocycles. The molecule has 0 unspecified atom stereocenters. The van der Waals surface area contributed by atoms with Crippen LogP contribution in [0.5, 0.6) is 0 Å². The highest BCUT2D eigenvalue weighted by atomic mass is 127. The van der Waals surface area contributed by atoms with Crippen molar-refractivity contribution in [1.29, 1.82) is 0 Å². The summed E-state index contributed by atoms with van der Waals surface area (Å²) < 4.78 is 0. The maximum Gasteiger partial charge on any atom is 0.195 e. The van der Waals surface area contributed by atoms with Gasteiger partial charge in [-0.1, -0.05) is 13.8 Å². The van der Waals surface area contributed by atoms with Crippen LogP contribution in [0.15, 0.2) is 10.4 Å². The molecule has 0 spiro atoms. The maximum atomic E-state index is 4.58. The van der Waals surface area contributed by atoms with Crippen LogP contribution in [-0.4, -0.2) is 48.9 Å². The number of guanidine groups is 1. The van der Waals surface area contributed by atoms with Gasteiger partial charge in [0.05, 0.1) is 12.2 Å². The minimum absolute atomic E-state index is 0. The summed E-state index contributed by atoms with van der Waals surface area (Å²) in [5.74, 6) is 1.46. The molecule has 0 aromatic carbocycles. The summed E-state index contributed by atoms with van der Waals surface area (Å²) in [4.78, 5) is 13.2. The van der Waals surface area contributed by atoms with Crippen LogP contribution in [0.1, 0.15) is 30.5 Å². The molecule has 0 atom stereocenters. The number of thiazole rings is 1. The molecule has 0 aliphatic rings. The van der Waals surface area contributed by atoms with Crippen LogP contribution in [0.4, 0.5) is 0 Å². The highest BCUT2D eigenvalue weighted by Gasteiger charge is 2.07. The number of aliphatic imine (C=N–C) groups is 1. The molecule has 4 nitrogen and oxygen atoms in total. The van der Waals surface area contributed by atoms with Crippen LogP contribution in [0.3, 0.4) is 0 Å². The van der Waals surface area contributed by atoms with Crippen LogP contribution >= 0.6 is 35.3 Å². The van der Waals surface area contributed by atoms with Crippen molar-refractivity contribution in [3.05, 3.63) is 16.1 Å². The summed E-state index contributed by atoms with van der Waals surface area (Å²) in [5.41, 5.74) is 1.16. The van der Waals surface area contributed by atoms with E-state index in [1.54, 1.807) is 11.3 Å². The number of aromatic nitrogens is 1. The third kappa shape index (κ3) is 5.09. The van der Waals surface area contributed by atoms with E-state index >= 15 is 0 Å². The van der Waals surface area contributed by atoms with Crippen molar-refractivity contribution in [2.24, 2.45) is 4.99 Å². The molecule has 1 rings (SSSR count). The van der Waals surface area contributed by atoms with Crippen LogP contribution in [0.2, 0.25) is 0 Å². The smallest absolute Gasteiger partial charge is 0.195 e. The number of hydrogen-bond acceptors (Lipinski definition) is 3. The van der Waals surface area contributed by atoms with Crippen molar-refractivity contribution in [2.45, 2.75) is 26.3 Å². The van der Waals surface area contributed by atoms with Gasteiger partial charge in [0, 0.05) is 33.6 Å². The SMILES string of the molecule is CC(C)c1csc(CN=C(N(C)C)N(C)C)n1.I. The van der Waals surface area contributed by atoms with Crippen molar-refractivity contribution in [3.8, 4) is 0 Å². The van der Waals surface area contributed by atoms with Gasteiger partial charge in [0.15, 0.2) is 5.96 Å². The highest BCUT2D eigenvalue weighted by molar-refractivity contribution is 14.0. The van der Waals surface area contributed by atoms with Gasteiger partial charge in [-0.3, -0.25) is 0 Å². The first kappa shape index (κ1) is 17.6. The topological polar surface area (TPSA) is 31.7 Å². The molecule has 104 valence electrons. The van der Waals surface area contributed by atoms with E-state index in [-0.39, 0.29) is 24.0 Å². The van der Waals surface area contributed by atoms with Gasteiger partial charge in [-0.2, -0.15) is 0 Å². The van der Waals surface area contributed by atoms with Crippen molar-refractivity contribution < 1.29 is 0 Å². The largest absolute Gasteiger partial charge is 0.349 e. The molecule has 1 aromatic heterocycles. The number of hydrogen-bond donors (Lipinski definition) is 0. The molecular weight excluding hydrogens is 359 g/mol. The standard InChI is InChI=1S/C12H22N4S.HI/c1-9(2)10-8-17-11(14-10)7-13-12(15(3)4)16(5)6;/h8-9H,7H2,1-6H3;1H. The molecule has 0 radical (unpaired) electrons. The molecular formula is C12H23IN4S. The second-order valence-electron chi connectivity index (χ2n) is 4.73. The molecule has 6 heteroatoms. The zero-order valence-corrected chi connectivity index (χ0v) is 15.1. The average Bonchev–Trinajstić information content (AvgIpc) is 2.65. The molecule has 0 bridgehead atoms. The Bertz CT molecular complexity index is 375. The molecule has 1 aromatic rings. The highest BCUT2D eigenvalue weighted by Crippen LogP contribution is 2.18. The summed E-state index contributed by atoms with van der Waals surface area (Å²) in [6, 6.07) is 0. The van der Waals surface area contributed by atoms with Gasteiger partial charge < -0.3 is 9.80 Å². The summed E-state index contributed by atoms with van der Waals surface area (Å²) in [7, 11) is 8.00. The minimum atomic E-state index is 0. The van der Waals surface area contributed by atoms with Crippen molar-refractivity contribution in [2.75, 3.05) is 28.2 Å². The van der Waals surface area contributed by atoms with Crippen molar-refractivity contribution in [1.82, 2.24) is 14.8 Å². The van der Waals surface area contributed by atoms with Crippen LogP contribution in [0, 0.1) is 0 Å². The monoisotopic (exact) mass is 382 g/mol. The Balaban J connectivity index is 0.00000289. The quantitative estimate of drug-likeness (QED) is 0.458. The Morgan fingerprint density at radius 3 is 2.22 bits per heavy atom. The maximum absolute atomic E-state index is 4.58. The first-order valence-corrected chi connectivity index (χ1v) is 6.63. The molecule has 1 heterocycles. The average molecular weight is 382 g/mol. The van der Waals surface area contributed by atoms with E-state index in [0.717, 1.165) is 16.7 Å². The Hall–Kier alpha value is -0.370. The van der Waals surface area contributed by atoms with Gasteiger partial charge in [0.25, 0.3) is 0 Å². The first-order valence-electron chi connectivity index (χ1n) is 5.75. The minimum Gasteiger partial charge on any atom is -0.349 e. The van der Waals surface area contributed by atoms with Gasteiger partial charge in [0.1, 0.15) is 5.01 Å². The van der Waals surface area contributed by atoms with Gasteiger partial charge in [-0.05, 0) is 5.92 Å². The lowest BCUT2D eigenvalue weighted by Gasteiger charge is -2.22. The third-order valence-corrected chi connectivity index (χ3v) is 3.17. The molecule has 0 aliphatic carbocycles. The van der Waals surface area contributed by atoms with Gasteiger partial charge in [-0.25, -0.2) is 9.98 Å². The lowest BCUT2D eigenvalue weighted by atomic mass is 10.2. The summed E-state index contributed by atoms with van der Waals surface area (Å²) in [6.45, 7) is 4.98. The Morgan fingerprint density at radius 1 is 1.28 bits per heavy atom. The van der Waals surface area contributed by atoms with E-state index in [2.05, 4.69) is 29.2 Å². The third-order valence-electron chi connectivity index (χ3n) is 2.32. The fourth-order valence-corrected chi connectivity index (χ4v) is 2.36. The van der Waals surface area contributed by atoms with Crippen molar-refractivity contribution in [3.63, 3.8) is 0 Å². The second kappa shape index (κ2) is 7.93. The van der Waals surface area contributed by atoms with Crippen LogP contribution < -0.4 is 0 Å².